The second-order valence-corrected chi connectivity index (χ2v) is 11.1. The van der Waals surface area contributed by atoms with Crippen LogP contribution < -0.4 is 4.74 Å². The van der Waals surface area contributed by atoms with Gasteiger partial charge in [-0.3, -0.25) is 9.59 Å². The summed E-state index contributed by atoms with van der Waals surface area (Å²) >= 11 is 9.11. The lowest BCUT2D eigenvalue weighted by Gasteiger charge is -2.37. The summed E-state index contributed by atoms with van der Waals surface area (Å²) in [7, 11) is 0. The van der Waals surface area contributed by atoms with E-state index in [9.17, 15) is 9.59 Å². The Bertz CT molecular complexity index is 1140. The fraction of sp³-hybridized carbons (Fsp3) is 0.385. The van der Waals surface area contributed by atoms with Gasteiger partial charge in [-0.1, -0.05) is 17.7 Å². The quantitative estimate of drug-likeness (QED) is 0.397. The number of halogens is 1. The predicted molar refractivity (Wildman–Crippen MR) is 139 cm³/mol. The molecule has 2 amide bonds. The third-order valence-corrected chi connectivity index (χ3v) is 8.54. The van der Waals surface area contributed by atoms with E-state index in [-0.39, 0.29) is 30.5 Å². The van der Waals surface area contributed by atoms with Gasteiger partial charge in [-0.15, -0.1) is 22.7 Å². The fourth-order valence-electron chi connectivity index (χ4n) is 4.64. The van der Waals surface area contributed by atoms with Gasteiger partial charge in [-0.25, -0.2) is 0 Å². The van der Waals surface area contributed by atoms with Crippen molar-refractivity contribution >= 4 is 46.1 Å². The van der Waals surface area contributed by atoms with Gasteiger partial charge in [0.25, 0.3) is 5.91 Å². The van der Waals surface area contributed by atoms with Gasteiger partial charge in [0.15, 0.2) is 0 Å². The molecule has 2 aliphatic heterocycles. The van der Waals surface area contributed by atoms with Gasteiger partial charge in [-0.05, 0) is 72.0 Å². The van der Waals surface area contributed by atoms with E-state index < -0.39 is 0 Å². The molecule has 9 heteroatoms. The standard InChI is InChI=1S/C26H27ClN2O4S2/c27-18-5-7-19(8-6-18)33-17-22-21-10-14-35-23(21)9-11-29(22)25(30)16-28(15-20-3-1-12-32-20)26(31)24-4-2-13-34-24/h2,4-8,10,13-14,20,22H,1,3,9,11-12,15-17H2. The molecule has 0 saturated carbocycles. The average Bonchev–Trinajstić information content (AvgIpc) is 3.65. The van der Waals surface area contributed by atoms with Crippen molar-refractivity contribution in [2.24, 2.45) is 0 Å². The molecule has 1 saturated heterocycles. The van der Waals surface area contributed by atoms with Crippen LogP contribution in [0.3, 0.4) is 0 Å². The Morgan fingerprint density at radius 1 is 1.14 bits per heavy atom. The molecule has 0 aliphatic carbocycles. The van der Waals surface area contributed by atoms with Gasteiger partial charge in [0.2, 0.25) is 5.91 Å². The molecule has 6 nitrogen and oxygen atoms in total. The number of nitrogens with zero attached hydrogens (tertiary/aromatic N) is 2. The second kappa shape index (κ2) is 11.1. The van der Waals surface area contributed by atoms with Crippen LogP contribution in [0.1, 0.15) is 39.0 Å². The van der Waals surface area contributed by atoms with Gasteiger partial charge in [0, 0.05) is 29.6 Å². The highest BCUT2D eigenvalue weighted by Gasteiger charge is 2.34. The Morgan fingerprint density at radius 3 is 2.74 bits per heavy atom. The molecular weight excluding hydrogens is 504 g/mol. The van der Waals surface area contributed by atoms with E-state index >= 15 is 0 Å². The number of rotatable bonds is 8. The maximum Gasteiger partial charge on any atom is 0.264 e. The Hall–Kier alpha value is -2.39. The molecule has 0 radical (unpaired) electrons. The molecule has 184 valence electrons. The number of thiophene rings is 2. The minimum absolute atomic E-state index is 0.0213. The lowest BCUT2D eigenvalue weighted by Crippen LogP contribution is -2.49. The highest BCUT2D eigenvalue weighted by Crippen LogP contribution is 2.34. The van der Waals surface area contributed by atoms with Gasteiger partial charge in [0.1, 0.15) is 18.9 Å². The average molecular weight is 531 g/mol. The van der Waals surface area contributed by atoms with Crippen LogP contribution in [0.25, 0.3) is 0 Å². The van der Waals surface area contributed by atoms with Crippen molar-refractivity contribution in [2.75, 3.05) is 32.8 Å². The van der Waals surface area contributed by atoms with Crippen LogP contribution in [-0.2, 0) is 16.0 Å². The van der Waals surface area contributed by atoms with Crippen LogP contribution in [0.15, 0.2) is 53.2 Å². The van der Waals surface area contributed by atoms with E-state index in [4.69, 9.17) is 21.1 Å². The Balaban J connectivity index is 1.33. The monoisotopic (exact) mass is 530 g/mol. The smallest absolute Gasteiger partial charge is 0.264 e. The lowest BCUT2D eigenvalue weighted by atomic mass is 10.0. The summed E-state index contributed by atoms with van der Waals surface area (Å²) in [4.78, 5) is 32.4. The zero-order chi connectivity index (χ0) is 24.2. The molecule has 35 heavy (non-hydrogen) atoms. The van der Waals surface area contributed by atoms with Gasteiger partial charge < -0.3 is 19.3 Å². The van der Waals surface area contributed by atoms with E-state index in [0.29, 0.717) is 42.0 Å². The van der Waals surface area contributed by atoms with Crippen molar-refractivity contribution < 1.29 is 19.1 Å². The van der Waals surface area contributed by atoms with Crippen LogP contribution in [0.4, 0.5) is 0 Å². The molecule has 2 aromatic heterocycles. The molecule has 0 spiro atoms. The first kappa shape index (κ1) is 24.3. The normalized spacial score (nSPS) is 19.4. The number of hydrogen-bond acceptors (Lipinski definition) is 6. The topological polar surface area (TPSA) is 59.1 Å². The van der Waals surface area contributed by atoms with E-state index in [1.165, 1.54) is 16.2 Å². The molecule has 1 aromatic carbocycles. The third-order valence-electron chi connectivity index (χ3n) is 6.43. The van der Waals surface area contributed by atoms with E-state index in [1.807, 2.05) is 28.5 Å². The van der Waals surface area contributed by atoms with Crippen LogP contribution in [-0.4, -0.2) is 60.6 Å². The number of amides is 2. The summed E-state index contributed by atoms with van der Waals surface area (Å²) in [5, 5.41) is 4.60. The Morgan fingerprint density at radius 2 is 2.00 bits per heavy atom. The molecule has 2 unspecified atom stereocenters. The SMILES string of the molecule is O=C(c1cccs1)N(CC(=O)N1CCc2sccc2C1COc1ccc(Cl)cc1)CC1CCCO1. The van der Waals surface area contributed by atoms with Crippen molar-refractivity contribution in [2.45, 2.75) is 31.4 Å². The summed E-state index contributed by atoms with van der Waals surface area (Å²) in [6.45, 7) is 2.08. The summed E-state index contributed by atoms with van der Waals surface area (Å²) in [6.07, 6.45) is 2.67. The van der Waals surface area contributed by atoms with Crippen LogP contribution >= 0.6 is 34.3 Å². The highest BCUT2D eigenvalue weighted by atomic mass is 35.5. The summed E-state index contributed by atoms with van der Waals surface area (Å²) < 4.78 is 11.9. The van der Waals surface area contributed by atoms with Gasteiger partial charge >= 0.3 is 0 Å². The minimum Gasteiger partial charge on any atom is -0.491 e. The van der Waals surface area contributed by atoms with E-state index in [0.717, 1.165) is 24.8 Å². The van der Waals surface area contributed by atoms with Crippen molar-refractivity contribution in [1.82, 2.24) is 9.80 Å². The number of ether oxygens (including phenoxy) is 2. The number of carbonyl (C=O) groups excluding carboxylic acids is 2. The van der Waals surface area contributed by atoms with Crippen molar-refractivity contribution in [3.05, 3.63) is 73.6 Å². The lowest BCUT2D eigenvalue weighted by molar-refractivity contribution is -0.135. The summed E-state index contributed by atoms with van der Waals surface area (Å²) in [5.41, 5.74) is 1.12. The molecule has 0 N–H and O–H groups in total. The first-order valence-corrected chi connectivity index (χ1v) is 13.9. The highest BCUT2D eigenvalue weighted by molar-refractivity contribution is 7.12. The summed E-state index contributed by atoms with van der Waals surface area (Å²) in [6, 6.07) is 12.8. The molecule has 2 aliphatic rings. The van der Waals surface area contributed by atoms with Crippen LogP contribution in [0.2, 0.25) is 5.02 Å². The number of benzene rings is 1. The largest absolute Gasteiger partial charge is 0.491 e. The first-order valence-electron chi connectivity index (χ1n) is 11.8. The van der Waals surface area contributed by atoms with Crippen molar-refractivity contribution in [3.8, 4) is 5.75 Å². The Kier molecular flexibility index (Phi) is 7.72. The molecule has 4 heterocycles. The predicted octanol–water partition coefficient (Wildman–Crippen LogP) is 5.29. The Labute approximate surface area is 218 Å². The maximum absolute atomic E-state index is 13.7. The third kappa shape index (κ3) is 5.72. The molecule has 1 fully saturated rings. The summed E-state index contributed by atoms with van der Waals surface area (Å²) in [5.74, 6) is 0.512. The van der Waals surface area contributed by atoms with Crippen molar-refractivity contribution in [3.63, 3.8) is 0 Å². The molecule has 0 bridgehead atoms. The number of fused-ring (bicyclic) bond motifs is 1. The zero-order valence-corrected chi connectivity index (χ0v) is 21.6. The van der Waals surface area contributed by atoms with E-state index in [2.05, 4.69) is 11.4 Å². The van der Waals surface area contributed by atoms with Crippen LogP contribution in [0.5, 0.6) is 5.75 Å². The van der Waals surface area contributed by atoms with Crippen LogP contribution in [0, 0.1) is 0 Å². The molecule has 3 aromatic rings. The fourth-order valence-corrected chi connectivity index (χ4v) is 6.39. The number of hydrogen-bond donors (Lipinski definition) is 0. The molecule has 2 atom stereocenters. The maximum atomic E-state index is 13.7. The second-order valence-electron chi connectivity index (χ2n) is 8.71. The number of carbonyl (C=O) groups is 2. The van der Waals surface area contributed by atoms with Gasteiger partial charge in [-0.2, -0.15) is 0 Å². The minimum atomic E-state index is -0.213. The molecule has 5 rings (SSSR count). The van der Waals surface area contributed by atoms with Gasteiger partial charge in [0.05, 0.1) is 17.0 Å². The van der Waals surface area contributed by atoms with E-state index in [1.54, 1.807) is 34.4 Å². The first-order chi connectivity index (χ1) is 17.1. The van der Waals surface area contributed by atoms with Crippen molar-refractivity contribution in [1.29, 1.82) is 0 Å². The molecular formula is C26H27ClN2O4S2. The zero-order valence-electron chi connectivity index (χ0n) is 19.2.